The van der Waals surface area contributed by atoms with E-state index in [-0.39, 0.29) is 25.1 Å². The Hall–Kier alpha value is -1.53. The summed E-state index contributed by atoms with van der Waals surface area (Å²) in [6.45, 7) is 0.288. The highest BCUT2D eigenvalue weighted by Crippen LogP contribution is 2.23. The number of nitrogens with zero attached hydrogens (tertiary/aromatic N) is 1. The Morgan fingerprint density at radius 2 is 2.26 bits per heavy atom. The molecule has 1 aromatic carbocycles. The highest BCUT2D eigenvalue weighted by molar-refractivity contribution is 5.76. The summed E-state index contributed by atoms with van der Waals surface area (Å²) in [6.07, 6.45) is -0.426. The van der Waals surface area contributed by atoms with Gasteiger partial charge < -0.3 is 9.84 Å². The van der Waals surface area contributed by atoms with Crippen LogP contribution in [0.2, 0.25) is 0 Å². The Morgan fingerprint density at radius 1 is 1.53 bits per heavy atom. The van der Waals surface area contributed by atoms with Gasteiger partial charge in [-0.2, -0.15) is 0 Å². The fourth-order valence-electron chi connectivity index (χ4n) is 2.32. The fourth-order valence-corrected chi connectivity index (χ4v) is 2.32. The molecule has 1 aliphatic rings. The molecule has 0 aliphatic carbocycles. The summed E-state index contributed by atoms with van der Waals surface area (Å²) in [5, 5.41) is 9.60. The Bertz CT molecular complexity index is 481. The molecule has 0 spiro atoms. The molecule has 1 aliphatic heterocycles. The minimum atomic E-state index is -0.666. The van der Waals surface area contributed by atoms with Crippen molar-refractivity contribution in [3.8, 4) is 0 Å². The molecule has 6 heteroatoms. The average Bonchev–Trinajstić information content (AvgIpc) is 2.74. The summed E-state index contributed by atoms with van der Waals surface area (Å²) in [5.74, 6) is -1.55. The molecule has 1 N–H and O–H groups in total. The zero-order chi connectivity index (χ0) is 14.0. The van der Waals surface area contributed by atoms with E-state index < -0.39 is 29.7 Å². The summed E-state index contributed by atoms with van der Waals surface area (Å²) in [6, 6.07) is 2.55. The van der Waals surface area contributed by atoms with Gasteiger partial charge in [-0.05, 0) is 18.2 Å². The Kier molecular flexibility index (Phi) is 4.11. The van der Waals surface area contributed by atoms with E-state index in [1.54, 1.807) is 4.90 Å². The molecule has 2 atom stereocenters. The van der Waals surface area contributed by atoms with Gasteiger partial charge in [0.05, 0.1) is 13.2 Å². The summed E-state index contributed by atoms with van der Waals surface area (Å²) >= 11 is 0. The number of halogens is 2. The van der Waals surface area contributed by atoms with Crippen LogP contribution in [-0.4, -0.2) is 41.8 Å². The SMILES string of the molecule is COC(=O)C1CC(O)CN1Cc1cc(F)ccc1F. The van der Waals surface area contributed by atoms with E-state index in [0.29, 0.717) is 0 Å². The number of esters is 1. The first-order valence-electron chi connectivity index (χ1n) is 5.95. The van der Waals surface area contributed by atoms with E-state index in [4.69, 9.17) is 0 Å². The second-order valence-electron chi connectivity index (χ2n) is 4.59. The molecule has 0 saturated carbocycles. The number of carbonyl (C=O) groups is 1. The smallest absolute Gasteiger partial charge is 0.323 e. The normalized spacial score (nSPS) is 23.6. The first-order valence-corrected chi connectivity index (χ1v) is 5.95. The molecular formula is C13H15F2NO3. The van der Waals surface area contributed by atoms with E-state index >= 15 is 0 Å². The lowest BCUT2D eigenvalue weighted by Crippen LogP contribution is -2.36. The van der Waals surface area contributed by atoms with E-state index in [2.05, 4.69) is 4.74 Å². The maximum atomic E-state index is 13.6. The molecule has 1 aromatic rings. The molecule has 1 saturated heterocycles. The number of aliphatic hydroxyl groups is 1. The molecule has 1 fully saturated rings. The topological polar surface area (TPSA) is 49.8 Å². The molecule has 19 heavy (non-hydrogen) atoms. The fraction of sp³-hybridized carbons (Fsp3) is 0.462. The number of methoxy groups -OCH3 is 1. The van der Waals surface area contributed by atoms with Crippen LogP contribution in [0.3, 0.4) is 0 Å². The Morgan fingerprint density at radius 3 is 2.95 bits per heavy atom. The quantitative estimate of drug-likeness (QED) is 0.836. The second kappa shape index (κ2) is 5.63. The van der Waals surface area contributed by atoms with Crippen molar-refractivity contribution >= 4 is 5.97 Å². The summed E-state index contributed by atoms with van der Waals surface area (Å²) < 4.78 is 31.3. The molecule has 0 amide bonds. The molecule has 1 heterocycles. The third-order valence-electron chi connectivity index (χ3n) is 3.24. The highest BCUT2D eigenvalue weighted by Gasteiger charge is 2.36. The number of likely N-dealkylation sites (tertiary alicyclic amines) is 1. The number of ether oxygens (including phenoxy) is 1. The lowest BCUT2D eigenvalue weighted by atomic mass is 10.1. The largest absolute Gasteiger partial charge is 0.468 e. The lowest BCUT2D eigenvalue weighted by molar-refractivity contribution is -0.146. The van der Waals surface area contributed by atoms with Crippen LogP contribution in [0, 0.1) is 11.6 Å². The minimum Gasteiger partial charge on any atom is -0.468 e. The number of β-amino-alcohol motifs (C(OH)–C–C–N with tert-alkyl or cyclic N) is 1. The third-order valence-corrected chi connectivity index (χ3v) is 3.24. The van der Waals surface area contributed by atoms with Gasteiger partial charge in [0, 0.05) is 25.1 Å². The Balaban J connectivity index is 2.16. The summed E-state index contributed by atoms with van der Waals surface area (Å²) in [5.41, 5.74) is 0.156. The minimum absolute atomic E-state index is 0.0560. The molecule has 2 unspecified atom stereocenters. The lowest BCUT2D eigenvalue weighted by Gasteiger charge is -2.22. The van der Waals surface area contributed by atoms with E-state index in [1.165, 1.54) is 7.11 Å². The van der Waals surface area contributed by atoms with Crippen molar-refractivity contribution in [2.75, 3.05) is 13.7 Å². The molecular weight excluding hydrogens is 256 g/mol. The summed E-state index contributed by atoms with van der Waals surface area (Å²) in [4.78, 5) is 13.2. The number of hydrogen-bond acceptors (Lipinski definition) is 4. The van der Waals surface area contributed by atoms with E-state index in [1.807, 2.05) is 0 Å². The van der Waals surface area contributed by atoms with Crippen molar-refractivity contribution in [3.63, 3.8) is 0 Å². The number of benzene rings is 1. The number of aliphatic hydroxyl groups excluding tert-OH is 1. The predicted molar refractivity (Wildman–Crippen MR) is 63.2 cm³/mol. The molecule has 0 bridgehead atoms. The predicted octanol–water partition coefficient (Wildman–Crippen LogP) is 1.07. The van der Waals surface area contributed by atoms with Crippen LogP contribution < -0.4 is 0 Å². The average molecular weight is 271 g/mol. The van der Waals surface area contributed by atoms with Crippen LogP contribution in [0.1, 0.15) is 12.0 Å². The van der Waals surface area contributed by atoms with Gasteiger partial charge in [0.25, 0.3) is 0 Å². The van der Waals surface area contributed by atoms with Crippen LogP contribution in [-0.2, 0) is 16.1 Å². The van der Waals surface area contributed by atoms with Crippen LogP contribution in [0.5, 0.6) is 0 Å². The third kappa shape index (κ3) is 3.08. The van der Waals surface area contributed by atoms with Crippen molar-refractivity contribution in [2.24, 2.45) is 0 Å². The van der Waals surface area contributed by atoms with Gasteiger partial charge in [0.1, 0.15) is 17.7 Å². The molecule has 4 nitrogen and oxygen atoms in total. The van der Waals surface area contributed by atoms with Crippen LogP contribution in [0.4, 0.5) is 8.78 Å². The van der Waals surface area contributed by atoms with Gasteiger partial charge in [-0.15, -0.1) is 0 Å². The van der Waals surface area contributed by atoms with Crippen molar-refractivity contribution in [2.45, 2.75) is 25.1 Å². The van der Waals surface area contributed by atoms with Gasteiger partial charge >= 0.3 is 5.97 Å². The van der Waals surface area contributed by atoms with Crippen molar-refractivity contribution in [1.82, 2.24) is 4.90 Å². The monoisotopic (exact) mass is 271 g/mol. The van der Waals surface area contributed by atoms with Gasteiger partial charge in [0.2, 0.25) is 0 Å². The first-order chi connectivity index (χ1) is 9.01. The zero-order valence-corrected chi connectivity index (χ0v) is 10.5. The maximum Gasteiger partial charge on any atom is 0.323 e. The van der Waals surface area contributed by atoms with E-state index in [9.17, 15) is 18.7 Å². The Labute approximate surface area is 109 Å². The number of rotatable bonds is 3. The van der Waals surface area contributed by atoms with Crippen LogP contribution in [0.15, 0.2) is 18.2 Å². The van der Waals surface area contributed by atoms with Gasteiger partial charge in [-0.25, -0.2) is 8.78 Å². The first kappa shape index (κ1) is 13.9. The van der Waals surface area contributed by atoms with Crippen LogP contribution >= 0.6 is 0 Å². The van der Waals surface area contributed by atoms with Crippen molar-refractivity contribution < 1.29 is 23.4 Å². The van der Waals surface area contributed by atoms with Crippen molar-refractivity contribution in [1.29, 1.82) is 0 Å². The molecule has 104 valence electrons. The van der Waals surface area contributed by atoms with Gasteiger partial charge in [-0.3, -0.25) is 9.69 Å². The highest BCUT2D eigenvalue weighted by atomic mass is 19.1. The molecule has 0 aromatic heterocycles. The molecule has 0 radical (unpaired) electrons. The zero-order valence-electron chi connectivity index (χ0n) is 10.5. The number of hydrogen-bond donors (Lipinski definition) is 1. The van der Waals surface area contributed by atoms with Gasteiger partial charge in [0.15, 0.2) is 0 Å². The standard InChI is InChI=1S/C13H15F2NO3/c1-19-13(18)12-5-10(17)7-16(12)6-8-4-9(14)2-3-11(8)15/h2-4,10,12,17H,5-7H2,1H3. The summed E-state index contributed by atoms with van der Waals surface area (Å²) in [7, 11) is 1.26. The van der Waals surface area contributed by atoms with Crippen molar-refractivity contribution in [3.05, 3.63) is 35.4 Å². The molecule has 2 rings (SSSR count). The maximum absolute atomic E-state index is 13.6. The van der Waals surface area contributed by atoms with Gasteiger partial charge in [-0.1, -0.05) is 0 Å². The second-order valence-corrected chi connectivity index (χ2v) is 4.59. The number of carbonyl (C=O) groups excluding carboxylic acids is 1. The van der Waals surface area contributed by atoms with E-state index in [0.717, 1.165) is 18.2 Å². The van der Waals surface area contributed by atoms with Crippen LogP contribution in [0.25, 0.3) is 0 Å².